The Balaban J connectivity index is 1.75. The number of aromatic nitrogens is 3. The van der Waals surface area contributed by atoms with Gasteiger partial charge in [-0.25, -0.2) is 15.0 Å². The minimum Gasteiger partial charge on any atom is -0.383 e. The van der Waals surface area contributed by atoms with Crippen LogP contribution >= 0.6 is 23.2 Å². The fraction of sp³-hybridized carbons (Fsp3) is 0. The second-order valence-corrected chi connectivity index (χ2v) is 6.72. The molecule has 2 aromatic heterocycles. The molecule has 0 aliphatic carbocycles. The summed E-state index contributed by atoms with van der Waals surface area (Å²) in [6.45, 7) is 0. The van der Waals surface area contributed by atoms with Crippen molar-refractivity contribution < 1.29 is 0 Å². The molecule has 0 amide bonds. The Morgan fingerprint density at radius 1 is 0.852 bits per heavy atom. The number of halogens is 2. The van der Waals surface area contributed by atoms with Gasteiger partial charge in [0, 0.05) is 22.7 Å². The number of benzene rings is 2. The zero-order valence-corrected chi connectivity index (χ0v) is 15.6. The number of hydrogen-bond acceptors (Lipinski definition) is 4. The highest BCUT2D eigenvalue weighted by atomic mass is 35.5. The largest absolute Gasteiger partial charge is 0.383 e. The van der Waals surface area contributed by atoms with Crippen LogP contribution in [0, 0.1) is 0 Å². The van der Waals surface area contributed by atoms with Crippen LogP contribution in [-0.2, 0) is 0 Å². The molecule has 2 heterocycles. The number of hydrogen-bond donors (Lipinski definition) is 1. The molecule has 4 aromatic rings. The summed E-state index contributed by atoms with van der Waals surface area (Å²) in [7, 11) is 0. The molecule has 0 saturated carbocycles. The van der Waals surface area contributed by atoms with E-state index in [0.717, 1.165) is 10.9 Å². The Bertz CT molecular complexity index is 1140. The van der Waals surface area contributed by atoms with Crippen molar-refractivity contribution in [3.8, 4) is 11.1 Å². The Hall–Kier alpha value is -2.95. The molecule has 132 valence electrons. The van der Waals surface area contributed by atoms with Crippen LogP contribution in [0.5, 0.6) is 0 Å². The number of nitrogens with zero attached hydrogens (tertiary/aromatic N) is 3. The van der Waals surface area contributed by atoms with Crippen molar-refractivity contribution in [3.05, 3.63) is 82.2 Å². The quantitative estimate of drug-likeness (QED) is 0.481. The molecule has 0 aliphatic heterocycles. The van der Waals surface area contributed by atoms with Gasteiger partial charge in [0.1, 0.15) is 5.82 Å². The summed E-state index contributed by atoms with van der Waals surface area (Å²) >= 11 is 12.6. The van der Waals surface area contributed by atoms with Crippen molar-refractivity contribution in [1.29, 1.82) is 0 Å². The number of rotatable bonds is 3. The molecule has 0 saturated heterocycles. The van der Waals surface area contributed by atoms with Crippen molar-refractivity contribution in [2.24, 2.45) is 0 Å². The van der Waals surface area contributed by atoms with Gasteiger partial charge in [-0.05, 0) is 29.8 Å². The lowest BCUT2D eigenvalue weighted by Crippen LogP contribution is -1.99. The summed E-state index contributed by atoms with van der Waals surface area (Å²) in [6.07, 6.45) is 5.50. The summed E-state index contributed by atoms with van der Waals surface area (Å²) in [5, 5.41) is 1.78. The van der Waals surface area contributed by atoms with Crippen molar-refractivity contribution in [2.75, 3.05) is 5.73 Å². The van der Waals surface area contributed by atoms with E-state index in [0.29, 0.717) is 38.5 Å². The van der Waals surface area contributed by atoms with Crippen molar-refractivity contribution in [1.82, 2.24) is 15.0 Å². The molecule has 0 aliphatic rings. The monoisotopic (exact) mass is 392 g/mol. The molecule has 27 heavy (non-hydrogen) atoms. The molecule has 0 fully saturated rings. The molecular formula is C21H14Cl2N4. The van der Waals surface area contributed by atoms with Crippen molar-refractivity contribution in [2.45, 2.75) is 0 Å². The highest BCUT2D eigenvalue weighted by molar-refractivity contribution is 6.39. The van der Waals surface area contributed by atoms with Gasteiger partial charge < -0.3 is 5.73 Å². The average molecular weight is 393 g/mol. The van der Waals surface area contributed by atoms with Crippen molar-refractivity contribution >= 4 is 52.2 Å². The van der Waals surface area contributed by atoms with Gasteiger partial charge in [-0.15, -0.1) is 0 Å². The Morgan fingerprint density at radius 3 is 2.33 bits per heavy atom. The predicted molar refractivity (Wildman–Crippen MR) is 113 cm³/mol. The molecule has 0 spiro atoms. The van der Waals surface area contributed by atoms with E-state index in [-0.39, 0.29) is 0 Å². The molecule has 0 radical (unpaired) electrons. The molecule has 0 bridgehead atoms. The van der Waals surface area contributed by atoms with E-state index in [4.69, 9.17) is 28.9 Å². The smallest absolute Gasteiger partial charge is 0.165 e. The van der Waals surface area contributed by atoms with E-state index in [9.17, 15) is 0 Å². The predicted octanol–water partition coefficient (Wildman–Crippen LogP) is 5.75. The lowest BCUT2D eigenvalue weighted by atomic mass is 10.1. The third-order valence-electron chi connectivity index (χ3n) is 4.07. The van der Waals surface area contributed by atoms with Crippen LogP contribution in [0.15, 0.2) is 60.8 Å². The fourth-order valence-corrected chi connectivity index (χ4v) is 3.36. The molecule has 2 aromatic carbocycles. The zero-order valence-electron chi connectivity index (χ0n) is 14.1. The second kappa shape index (κ2) is 7.35. The summed E-state index contributed by atoms with van der Waals surface area (Å²) in [5.41, 5.74) is 9.06. The average Bonchev–Trinajstić information content (AvgIpc) is 2.67. The van der Waals surface area contributed by atoms with Crippen LogP contribution < -0.4 is 5.73 Å². The molecule has 4 rings (SSSR count). The van der Waals surface area contributed by atoms with Crippen molar-refractivity contribution in [3.63, 3.8) is 0 Å². The second-order valence-electron chi connectivity index (χ2n) is 5.90. The first-order chi connectivity index (χ1) is 13.1. The Kier molecular flexibility index (Phi) is 4.75. The number of nitrogens with two attached hydrogens (primary N) is 1. The SMILES string of the molecule is Nc1nc2nc(/C=C/c3ccccc3)ncc2cc1-c1c(Cl)cccc1Cl. The van der Waals surface area contributed by atoms with E-state index >= 15 is 0 Å². The number of anilines is 1. The minimum absolute atomic E-state index is 0.314. The first-order valence-corrected chi connectivity index (χ1v) is 8.98. The lowest BCUT2D eigenvalue weighted by molar-refractivity contribution is 1.15. The lowest BCUT2D eigenvalue weighted by Gasteiger charge is -2.10. The topological polar surface area (TPSA) is 64.7 Å². The Morgan fingerprint density at radius 2 is 1.59 bits per heavy atom. The van der Waals surface area contributed by atoms with Gasteiger partial charge in [0.25, 0.3) is 0 Å². The van der Waals surface area contributed by atoms with Crippen LogP contribution in [0.3, 0.4) is 0 Å². The van der Waals surface area contributed by atoms with Gasteiger partial charge in [0.05, 0.1) is 10.0 Å². The highest BCUT2D eigenvalue weighted by Crippen LogP contribution is 2.38. The van der Waals surface area contributed by atoms with Crippen LogP contribution in [0.1, 0.15) is 11.4 Å². The maximum atomic E-state index is 6.30. The Labute approximate surface area is 166 Å². The third kappa shape index (κ3) is 3.63. The van der Waals surface area contributed by atoms with E-state index in [1.807, 2.05) is 48.6 Å². The van der Waals surface area contributed by atoms with Crippen LogP contribution in [0.4, 0.5) is 5.82 Å². The molecule has 0 unspecified atom stereocenters. The molecule has 0 atom stereocenters. The number of fused-ring (bicyclic) bond motifs is 1. The summed E-state index contributed by atoms with van der Waals surface area (Å²) in [6, 6.07) is 17.1. The highest BCUT2D eigenvalue weighted by Gasteiger charge is 2.14. The zero-order chi connectivity index (χ0) is 18.8. The summed E-state index contributed by atoms with van der Waals surface area (Å²) in [4.78, 5) is 13.3. The van der Waals surface area contributed by atoms with E-state index in [1.165, 1.54) is 0 Å². The summed E-state index contributed by atoms with van der Waals surface area (Å²) in [5.74, 6) is 0.871. The van der Waals surface area contributed by atoms with E-state index < -0.39 is 0 Å². The standard InChI is InChI=1S/C21H14Cl2N4/c22-16-7-4-8-17(23)19(16)15-11-14-12-25-18(26-21(14)27-20(15)24)10-9-13-5-2-1-3-6-13/h1-12H,(H2,24,25,26,27)/b10-9+. The maximum absolute atomic E-state index is 6.30. The molecular weight excluding hydrogens is 379 g/mol. The van der Waals surface area contributed by atoms with Crippen LogP contribution in [-0.4, -0.2) is 15.0 Å². The first kappa shape index (κ1) is 17.5. The fourth-order valence-electron chi connectivity index (χ4n) is 2.76. The normalized spacial score (nSPS) is 11.3. The molecule has 4 nitrogen and oxygen atoms in total. The molecule has 2 N–H and O–H groups in total. The molecule has 6 heteroatoms. The van der Waals surface area contributed by atoms with Crippen LogP contribution in [0.2, 0.25) is 10.0 Å². The van der Waals surface area contributed by atoms with Gasteiger partial charge in [0.2, 0.25) is 0 Å². The number of nitrogen functional groups attached to an aromatic ring is 1. The third-order valence-corrected chi connectivity index (χ3v) is 4.70. The van der Waals surface area contributed by atoms with E-state index in [1.54, 1.807) is 24.4 Å². The maximum Gasteiger partial charge on any atom is 0.165 e. The van der Waals surface area contributed by atoms with E-state index in [2.05, 4.69) is 15.0 Å². The van der Waals surface area contributed by atoms with Gasteiger partial charge in [-0.3, -0.25) is 0 Å². The van der Waals surface area contributed by atoms with Crippen LogP contribution in [0.25, 0.3) is 34.3 Å². The summed E-state index contributed by atoms with van der Waals surface area (Å²) < 4.78 is 0. The van der Waals surface area contributed by atoms with Gasteiger partial charge >= 0.3 is 0 Å². The number of pyridine rings is 1. The first-order valence-electron chi connectivity index (χ1n) is 8.22. The minimum atomic E-state index is 0.314. The van der Waals surface area contributed by atoms with Gasteiger partial charge in [0.15, 0.2) is 11.5 Å². The van der Waals surface area contributed by atoms with Gasteiger partial charge in [-0.1, -0.05) is 65.7 Å². The van der Waals surface area contributed by atoms with Gasteiger partial charge in [-0.2, -0.15) is 0 Å².